The van der Waals surface area contributed by atoms with Gasteiger partial charge in [-0.25, -0.2) is 4.98 Å². The van der Waals surface area contributed by atoms with Gasteiger partial charge in [0, 0.05) is 22.9 Å². The van der Waals surface area contributed by atoms with Crippen LogP contribution in [0.3, 0.4) is 0 Å². The fraction of sp³-hybridized carbons (Fsp3) is 0.136. The number of hydrogen-bond acceptors (Lipinski definition) is 4. The van der Waals surface area contributed by atoms with Crippen molar-refractivity contribution in [3.8, 4) is 11.1 Å². The summed E-state index contributed by atoms with van der Waals surface area (Å²) in [4.78, 5) is 32.4. The summed E-state index contributed by atoms with van der Waals surface area (Å²) in [6, 6.07) is 13.2. The van der Waals surface area contributed by atoms with E-state index < -0.39 is 5.91 Å². The third kappa shape index (κ3) is 3.34. The molecule has 0 spiro atoms. The van der Waals surface area contributed by atoms with Crippen molar-refractivity contribution in [2.75, 3.05) is 0 Å². The Morgan fingerprint density at radius 2 is 1.96 bits per heavy atom. The number of nitrogens with one attached hydrogen (secondary N) is 1. The second-order valence-electron chi connectivity index (χ2n) is 6.88. The van der Waals surface area contributed by atoms with Gasteiger partial charge in [-0.15, -0.1) is 11.3 Å². The van der Waals surface area contributed by atoms with Crippen LogP contribution < -0.4 is 11.3 Å². The van der Waals surface area contributed by atoms with E-state index in [9.17, 15) is 9.59 Å². The molecule has 28 heavy (non-hydrogen) atoms. The predicted octanol–water partition coefficient (Wildman–Crippen LogP) is 3.96. The molecule has 0 aliphatic rings. The smallest absolute Gasteiger partial charge is 0.260 e. The number of hydrogen-bond donors (Lipinski definition) is 2. The monoisotopic (exact) mass is 389 g/mol. The second-order valence-corrected chi connectivity index (χ2v) is 7.74. The highest BCUT2D eigenvalue weighted by molar-refractivity contribution is 7.17. The number of H-pyrrole nitrogens is 1. The molecule has 0 bridgehead atoms. The normalized spacial score (nSPS) is 11.1. The van der Waals surface area contributed by atoms with E-state index in [1.165, 1.54) is 22.5 Å². The van der Waals surface area contributed by atoms with E-state index in [-0.39, 0.29) is 5.56 Å². The molecule has 2 aromatic carbocycles. The standard InChI is InChI=1S/C22H19N3O2S/c1-12-6-7-15(8-13(12)2)17-11-28-22-19(17)21(27)24-18(25-22)10-14-4-3-5-16(9-14)20(23)26/h3-9,11H,10H2,1-2H3,(H2,23,26)(H,24,25,27). The maximum absolute atomic E-state index is 12.8. The average molecular weight is 389 g/mol. The number of nitrogens with zero attached hydrogens (tertiary/aromatic N) is 1. The molecule has 2 aromatic heterocycles. The molecule has 0 aliphatic carbocycles. The van der Waals surface area contributed by atoms with Gasteiger partial charge in [-0.05, 0) is 48.2 Å². The molecule has 1 amide bonds. The van der Waals surface area contributed by atoms with E-state index in [4.69, 9.17) is 5.73 Å². The number of fused-ring (bicyclic) bond motifs is 1. The summed E-state index contributed by atoms with van der Waals surface area (Å²) in [6.07, 6.45) is 0.420. The van der Waals surface area contributed by atoms with Crippen LogP contribution in [0.1, 0.15) is 32.9 Å². The molecular weight excluding hydrogens is 370 g/mol. The van der Waals surface area contributed by atoms with Crippen LogP contribution in [0.25, 0.3) is 21.3 Å². The Morgan fingerprint density at radius 3 is 2.71 bits per heavy atom. The lowest BCUT2D eigenvalue weighted by Gasteiger charge is -2.05. The van der Waals surface area contributed by atoms with E-state index in [0.717, 1.165) is 16.7 Å². The van der Waals surface area contributed by atoms with Crippen LogP contribution >= 0.6 is 11.3 Å². The zero-order valence-electron chi connectivity index (χ0n) is 15.6. The second kappa shape index (κ2) is 7.05. The number of carbonyl (C=O) groups excluding carboxylic acids is 1. The quantitative estimate of drug-likeness (QED) is 0.554. The number of amides is 1. The molecule has 6 heteroatoms. The van der Waals surface area contributed by atoms with Gasteiger partial charge in [0.15, 0.2) is 0 Å². The molecule has 0 saturated heterocycles. The van der Waals surface area contributed by atoms with E-state index >= 15 is 0 Å². The molecule has 4 aromatic rings. The number of aromatic nitrogens is 2. The third-order valence-electron chi connectivity index (χ3n) is 4.89. The summed E-state index contributed by atoms with van der Waals surface area (Å²) in [5.41, 5.74) is 10.8. The Morgan fingerprint density at radius 1 is 1.14 bits per heavy atom. The van der Waals surface area contributed by atoms with Crippen LogP contribution in [-0.4, -0.2) is 15.9 Å². The zero-order chi connectivity index (χ0) is 19.8. The molecule has 0 aliphatic heterocycles. The number of primary amides is 1. The number of aryl methyl sites for hydroxylation is 2. The number of thiophene rings is 1. The predicted molar refractivity (Wildman–Crippen MR) is 113 cm³/mol. The summed E-state index contributed by atoms with van der Waals surface area (Å²) in [5, 5.41) is 2.59. The highest BCUT2D eigenvalue weighted by Gasteiger charge is 2.14. The van der Waals surface area contributed by atoms with E-state index in [2.05, 4.69) is 35.9 Å². The van der Waals surface area contributed by atoms with Crippen LogP contribution in [-0.2, 0) is 6.42 Å². The first kappa shape index (κ1) is 18.1. The van der Waals surface area contributed by atoms with Crippen LogP contribution in [0.2, 0.25) is 0 Å². The summed E-state index contributed by atoms with van der Waals surface area (Å²) in [6.45, 7) is 4.13. The van der Waals surface area contributed by atoms with Gasteiger partial charge < -0.3 is 10.7 Å². The van der Waals surface area contributed by atoms with Gasteiger partial charge in [0.1, 0.15) is 10.7 Å². The highest BCUT2D eigenvalue weighted by Crippen LogP contribution is 2.31. The molecule has 140 valence electrons. The average Bonchev–Trinajstić information content (AvgIpc) is 3.09. The van der Waals surface area contributed by atoms with Crippen LogP contribution in [0.5, 0.6) is 0 Å². The first-order valence-corrected chi connectivity index (χ1v) is 9.77. The van der Waals surface area contributed by atoms with Gasteiger partial charge in [0.25, 0.3) is 5.56 Å². The number of nitrogens with two attached hydrogens (primary N) is 1. The van der Waals surface area contributed by atoms with Gasteiger partial charge in [0.05, 0.1) is 5.39 Å². The lowest BCUT2D eigenvalue weighted by Crippen LogP contribution is -2.13. The first-order valence-electron chi connectivity index (χ1n) is 8.89. The minimum Gasteiger partial charge on any atom is -0.366 e. The molecular formula is C22H19N3O2S. The molecule has 2 heterocycles. The molecule has 0 unspecified atom stereocenters. The maximum atomic E-state index is 12.8. The molecule has 3 N–H and O–H groups in total. The SMILES string of the molecule is Cc1ccc(-c2csc3nc(Cc4cccc(C(N)=O)c4)[nH]c(=O)c23)cc1C. The van der Waals surface area contributed by atoms with Crippen LogP contribution in [0, 0.1) is 13.8 Å². The molecule has 0 fully saturated rings. The van der Waals surface area contributed by atoms with Gasteiger partial charge in [0.2, 0.25) is 5.91 Å². The minimum atomic E-state index is -0.477. The summed E-state index contributed by atoms with van der Waals surface area (Å²) in [5.74, 6) is 0.0858. The highest BCUT2D eigenvalue weighted by atomic mass is 32.1. The molecule has 4 rings (SSSR count). The van der Waals surface area contributed by atoms with E-state index in [1.807, 2.05) is 17.5 Å². The Labute approximate surface area is 165 Å². The summed E-state index contributed by atoms with van der Waals surface area (Å²) >= 11 is 1.46. The van der Waals surface area contributed by atoms with Gasteiger partial charge in [-0.1, -0.05) is 30.3 Å². The first-order chi connectivity index (χ1) is 13.4. The fourth-order valence-corrected chi connectivity index (χ4v) is 4.19. The maximum Gasteiger partial charge on any atom is 0.260 e. The topological polar surface area (TPSA) is 88.8 Å². The van der Waals surface area contributed by atoms with Gasteiger partial charge >= 0.3 is 0 Å². The van der Waals surface area contributed by atoms with Crippen molar-refractivity contribution >= 4 is 27.5 Å². The number of benzene rings is 2. The Hall–Kier alpha value is -3.25. The number of aromatic amines is 1. The summed E-state index contributed by atoms with van der Waals surface area (Å²) in [7, 11) is 0. The van der Waals surface area contributed by atoms with Gasteiger partial charge in [-0.2, -0.15) is 0 Å². The Kier molecular flexibility index (Phi) is 4.57. The lowest BCUT2D eigenvalue weighted by atomic mass is 10.0. The van der Waals surface area contributed by atoms with Crippen molar-refractivity contribution in [3.05, 3.63) is 86.3 Å². The minimum absolute atomic E-state index is 0.152. The molecule has 0 atom stereocenters. The Bertz CT molecular complexity index is 1270. The Balaban J connectivity index is 1.74. The van der Waals surface area contributed by atoms with Crippen molar-refractivity contribution < 1.29 is 4.79 Å². The van der Waals surface area contributed by atoms with Crippen LogP contribution in [0.4, 0.5) is 0 Å². The van der Waals surface area contributed by atoms with Crippen molar-refractivity contribution in [1.29, 1.82) is 0 Å². The summed E-state index contributed by atoms with van der Waals surface area (Å²) < 4.78 is 0. The largest absolute Gasteiger partial charge is 0.366 e. The van der Waals surface area contributed by atoms with Crippen molar-refractivity contribution in [2.45, 2.75) is 20.3 Å². The molecule has 0 radical (unpaired) electrons. The van der Waals surface area contributed by atoms with E-state index in [1.54, 1.807) is 18.2 Å². The molecule has 5 nitrogen and oxygen atoms in total. The lowest BCUT2D eigenvalue weighted by molar-refractivity contribution is 0.1000. The van der Waals surface area contributed by atoms with Gasteiger partial charge in [-0.3, -0.25) is 9.59 Å². The fourth-order valence-electron chi connectivity index (χ4n) is 3.23. The van der Waals surface area contributed by atoms with E-state index in [0.29, 0.717) is 28.0 Å². The van der Waals surface area contributed by atoms with Crippen molar-refractivity contribution in [1.82, 2.24) is 9.97 Å². The number of rotatable bonds is 4. The third-order valence-corrected chi connectivity index (χ3v) is 5.77. The number of carbonyl (C=O) groups is 1. The zero-order valence-corrected chi connectivity index (χ0v) is 16.4. The van der Waals surface area contributed by atoms with Crippen molar-refractivity contribution in [2.24, 2.45) is 5.73 Å². The molecule has 0 saturated carbocycles. The van der Waals surface area contributed by atoms with Crippen molar-refractivity contribution in [3.63, 3.8) is 0 Å². The van der Waals surface area contributed by atoms with Crippen LogP contribution in [0.15, 0.2) is 52.6 Å².